The fraction of sp³-hybridized carbons (Fsp3) is 0.130. The molecule has 0 radical (unpaired) electrons. The van der Waals surface area contributed by atoms with Gasteiger partial charge < -0.3 is 21.1 Å². The lowest BCUT2D eigenvalue weighted by Crippen LogP contribution is -2.32. The minimum Gasteiger partial charge on any atom is -0.495 e. The number of nitrogens with two attached hydrogens (primary N) is 1. The van der Waals surface area contributed by atoms with Crippen molar-refractivity contribution in [3.63, 3.8) is 0 Å². The first-order valence-corrected chi connectivity index (χ1v) is 9.74. The predicted octanol–water partition coefficient (Wildman–Crippen LogP) is 2.79. The van der Waals surface area contributed by atoms with E-state index in [4.69, 9.17) is 15.7 Å². The van der Waals surface area contributed by atoms with Crippen molar-refractivity contribution < 1.29 is 14.3 Å². The molecule has 2 aromatic carbocycles. The summed E-state index contributed by atoms with van der Waals surface area (Å²) in [5.41, 5.74) is 8.38. The maximum atomic E-state index is 13.5. The number of allylic oxidation sites excluding steroid dienone is 1. The molecule has 1 atom stereocenters. The number of ether oxygens (including phenoxy) is 1. The Hall–Kier alpha value is -4.58. The molecule has 0 saturated heterocycles. The number of hydrogen-bond acceptors (Lipinski definition) is 6. The first kappa shape index (κ1) is 20.7. The van der Waals surface area contributed by atoms with E-state index >= 15 is 0 Å². The molecule has 3 aromatic rings. The van der Waals surface area contributed by atoms with Gasteiger partial charge in [-0.3, -0.25) is 9.59 Å². The quantitative estimate of drug-likeness (QED) is 0.572. The van der Waals surface area contributed by atoms with Gasteiger partial charge >= 0.3 is 0 Å². The van der Waals surface area contributed by atoms with Gasteiger partial charge in [-0.1, -0.05) is 24.3 Å². The highest BCUT2D eigenvalue weighted by molar-refractivity contribution is 6.07. The highest BCUT2D eigenvalue weighted by Crippen LogP contribution is 2.38. The Morgan fingerprint density at radius 2 is 1.94 bits per heavy atom. The normalized spacial score (nSPS) is 14.7. The predicted molar refractivity (Wildman–Crippen MR) is 118 cm³/mol. The number of rotatable bonds is 5. The zero-order valence-electron chi connectivity index (χ0n) is 17.4. The first-order valence-electron chi connectivity index (χ1n) is 9.74. The van der Waals surface area contributed by atoms with Crippen molar-refractivity contribution in [2.45, 2.75) is 13.0 Å². The number of carbonyl (C=O) groups is 2. The second-order valence-electron chi connectivity index (χ2n) is 7.17. The molecule has 4 rings (SSSR count). The molecule has 0 saturated carbocycles. The summed E-state index contributed by atoms with van der Waals surface area (Å²) in [6.07, 6.45) is 1.37. The number of nitriles is 1. The molecule has 9 nitrogen and oxygen atoms in total. The molecular formula is C23H20N6O3. The summed E-state index contributed by atoms with van der Waals surface area (Å²) >= 11 is 0. The van der Waals surface area contributed by atoms with E-state index in [1.165, 1.54) is 13.3 Å². The number of fused-ring (bicyclic) bond motifs is 1. The van der Waals surface area contributed by atoms with Crippen LogP contribution in [-0.2, 0) is 4.79 Å². The third-order valence-corrected chi connectivity index (χ3v) is 5.24. The SMILES string of the molecule is COc1ccccc1NC(=O)C1=C(C)Nc2c(C(N)=O)cnn2[C@@H]1c1ccc(C#N)cc1. The van der Waals surface area contributed by atoms with Gasteiger partial charge in [0, 0.05) is 5.70 Å². The summed E-state index contributed by atoms with van der Waals surface area (Å²) in [4.78, 5) is 25.3. The molecule has 1 aliphatic rings. The van der Waals surface area contributed by atoms with Crippen molar-refractivity contribution in [2.24, 2.45) is 5.73 Å². The summed E-state index contributed by atoms with van der Waals surface area (Å²) in [5.74, 6) is -0.0746. The molecule has 0 aliphatic carbocycles. The van der Waals surface area contributed by atoms with Crippen LogP contribution in [0.5, 0.6) is 5.75 Å². The lowest BCUT2D eigenvalue weighted by Gasteiger charge is -2.30. The zero-order valence-corrected chi connectivity index (χ0v) is 17.4. The van der Waals surface area contributed by atoms with E-state index in [1.54, 1.807) is 54.1 Å². The zero-order chi connectivity index (χ0) is 22.8. The van der Waals surface area contributed by atoms with Crippen LogP contribution in [0.25, 0.3) is 0 Å². The van der Waals surface area contributed by atoms with Crippen molar-refractivity contribution >= 4 is 23.3 Å². The Kier molecular flexibility index (Phi) is 5.35. The third-order valence-electron chi connectivity index (χ3n) is 5.24. The average Bonchev–Trinajstić information content (AvgIpc) is 3.22. The number of methoxy groups -OCH3 is 1. The molecule has 4 N–H and O–H groups in total. The summed E-state index contributed by atoms with van der Waals surface area (Å²) in [7, 11) is 1.53. The van der Waals surface area contributed by atoms with Crippen molar-refractivity contribution in [2.75, 3.05) is 17.7 Å². The number of para-hydroxylation sites is 2. The van der Waals surface area contributed by atoms with Crippen LogP contribution in [0.2, 0.25) is 0 Å². The molecule has 1 aliphatic heterocycles. The van der Waals surface area contributed by atoms with E-state index < -0.39 is 11.9 Å². The number of benzene rings is 2. The first-order chi connectivity index (χ1) is 15.4. The summed E-state index contributed by atoms with van der Waals surface area (Å²) in [5, 5.41) is 19.5. The van der Waals surface area contributed by atoms with Crippen molar-refractivity contribution in [3.8, 4) is 11.8 Å². The molecule has 160 valence electrons. The molecule has 2 heterocycles. The van der Waals surface area contributed by atoms with E-state index in [2.05, 4.69) is 21.8 Å². The smallest absolute Gasteiger partial charge is 0.255 e. The molecular weight excluding hydrogens is 408 g/mol. The van der Waals surface area contributed by atoms with Gasteiger partial charge in [0.15, 0.2) is 0 Å². The lowest BCUT2D eigenvalue weighted by molar-refractivity contribution is -0.113. The second-order valence-corrected chi connectivity index (χ2v) is 7.17. The monoisotopic (exact) mass is 428 g/mol. The Bertz CT molecular complexity index is 1280. The maximum absolute atomic E-state index is 13.5. The molecule has 2 amide bonds. The van der Waals surface area contributed by atoms with Crippen LogP contribution >= 0.6 is 0 Å². The van der Waals surface area contributed by atoms with Crippen LogP contribution < -0.4 is 21.1 Å². The van der Waals surface area contributed by atoms with Gasteiger partial charge in [-0.25, -0.2) is 4.68 Å². The highest BCUT2D eigenvalue weighted by Gasteiger charge is 2.35. The number of nitrogens with one attached hydrogen (secondary N) is 2. The topological polar surface area (TPSA) is 135 Å². The van der Waals surface area contributed by atoms with Gasteiger partial charge in [0.05, 0.1) is 36.2 Å². The number of amides is 2. The number of primary amides is 1. The van der Waals surface area contributed by atoms with Crippen LogP contribution in [0.4, 0.5) is 11.5 Å². The highest BCUT2D eigenvalue weighted by atomic mass is 16.5. The number of aromatic nitrogens is 2. The van der Waals surface area contributed by atoms with Crippen LogP contribution in [-0.4, -0.2) is 28.7 Å². The van der Waals surface area contributed by atoms with Crippen molar-refractivity contribution in [1.82, 2.24) is 9.78 Å². The van der Waals surface area contributed by atoms with E-state index in [0.29, 0.717) is 34.1 Å². The van der Waals surface area contributed by atoms with Gasteiger partial charge in [-0.15, -0.1) is 0 Å². The van der Waals surface area contributed by atoms with E-state index in [9.17, 15) is 9.59 Å². The number of anilines is 2. The molecule has 0 spiro atoms. The van der Waals surface area contributed by atoms with E-state index in [0.717, 1.165) is 5.56 Å². The largest absolute Gasteiger partial charge is 0.495 e. The Balaban J connectivity index is 1.82. The van der Waals surface area contributed by atoms with Gasteiger partial charge in [-0.2, -0.15) is 10.4 Å². The molecule has 0 unspecified atom stereocenters. The number of carbonyl (C=O) groups excluding carboxylic acids is 2. The van der Waals surface area contributed by atoms with Crippen LogP contribution in [0, 0.1) is 11.3 Å². The number of hydrogen-bond donors (Lipinski definition) is 3. The Morgan fingerprint density at radius 1 is 1.22 bits per heavy atom. The Morgan fingerprint density at radius 3 is 2.59 bits per heavy atom. The van der Waals surface area contributed by atoms with Gasteiger partial charge in [0.25, 0.3) is 11.8 Å². The molecule has 32 heavy (non-hydrogen) atoms. The molecule has 1 aromatic heterocycles. The van der Waals surface area contributed by atoms with Crippen LogP contribution in [0.1, 0.15) is 34.5 Å². The molecule has 0 fully saturated rings. The summed E-state index contributed by atoms with van der Waals surface area (Å²) in [6, 6.07) is 15.4. The summed E-state index contributed by atoms with van der Waals surface area (Å²) < 4.78 is 6.88. The van der Waals surface area contributed by atoms with Crippen LogP contribution in [0.3, 0.4) is 0 Å². The van der Waals surface area contributed by atoms with Crippen LogP contribution in [0.15, 0.2) is 66.0 Å². The van der Waals surface area contributed by atoms with Gasteiger partial charge in [0.2, 0.25) is 0 Å². The fourth-order valence-corrected chi connectivity index (χ4v) is 3.72. The van der Waals surface area contributed by atoms with Crippen molar-refractivity contribution in [1.29, 1.82) is 5.26 Å². The van der Waals surface area contributed by atoms with Gasteiger partial charge in [-0.05, 0) is 36.8 Å². The molecule has 9 heteroatoms. The minimum absolute atomic E-state index is 0.215. The average molecular weight is 428 g/mol. The number of nitrogens with zero attached hydrogens (tertiary/aromatic N) is 3. The molecule has 0 bridgehead atoms. The van der Waals surface area contributed by atoms with E-state index in [-0.39, 0.29) is 11.5 Å². The second kappa shape index (κ2) is 8.28. The fourth-order valence-electron chi connectivity index (χ4n) is 3.72. The van der Waals surface area contributed by atoms with Gasteiger partial charge in [0.1, 0.15) is 23.2 Å². The standard InChI is InChI=1S/C23H20N6O3/c1-13-19(23(31)28-17-5-3-4-6-18(17)32-2)20(15-9-7-14(11-24)8-10-15)29-22(27-13)16(12-26-29)21(25)30/h3-10,12,20,27H,1-2H3,(H2,25,30)(H,28,31)/t20-/m1/s1. The maximum Gasteiger partial charge on any atom is 0.255 e. The minimum atomic E-state index is -0.651. The Labute approximate surface area is 184 Å². The summed E-state index contributed by atoms with van der Waals surface area (Å²) in [6.45, 7) is 1.75. The van der Waals surface area contributed by atoms with Crippen molar-refractivity contribution in [3.05, 3.63) is 82.7 Å². The third kappa shape index (κ3) is 3.54. The van der Waals surface area contributed by atoms with E-state index in [1.807, 2.05) is 6.07 Å². The lowest BCUT2D eigenvalue weighted by atomic mass is 9.94.